The Bertz CT molecular complexity index is 920. The molecule has 0 atom stereocenters. The highest BCUT2D eigenvalue weighted by Gasteiger charge is 2.36. The zero-order valence-electron chi connectivity index (χ0n) is 14.2. The van der Waals surface area contributed by atoms with Gasteiger partial charge < -0.3 is 9.47 Å². The molecule has 138 valence electrons. The van der Waals surface area contributed by atoms with Crippen molar-refractivity contribution >= 4 is 39.7 Å². The smallest absolute Gasteiger partial charge is 0.337 e. The normalized spacial score (nSPS) is 12.7. The van der Waals surface area contributed by atoms with E-state index in [1.165, 1.54) is 7.11 Å². The summed E-state index contributed by atoms with van der Waals surface area (Å²) >= 11 is 3.30. The standard InChI is InChI=1S/C19H14BrNO6/c1-26-19(25)11-6-7-12(15(20)8-11)10-27-16(22)9-21-17(23)13-4-2-3-5-14(13)18(21)24/h2-8H,9-10H2,1H3. The van der Waals surface area contributed by atoms with Crippen LogP contribution in [0.15, 0.2) is 46.9 Å². The van der Waals surface area contributed by atoms with E-state index < -0.39 is 30.3 Å². The predicted molar refractivity (Wildman–Crippen MR) is 97.1 cm³/mol. The second-order valence-corrected chi connectivity index (χ2v) is 6.55. The lowest BCUT2D eigenvalue weighted by Crippen LogP contribution is -2.35. The number of esters is 2. The summed E-state index contributed by atoms with van der Waals surface area (Å²) in [6.07, 6.45) is 0. The quantitative estimate of drug-likeness (QED) is 0.533. The van der Waals surface area contributed by atoms with E-state index in [1.54, 1.807) is 42.5 Å². The maximum absolute atomic E-state index is 12.2. The van der Waals surface area contributed by atoms with E-state index in [4.69, 9.17) is 4.74 Å². The number of hydrogen-bond acceptors (Lipinski definition) is 6. The van der Waals surface area contributed by atoms with E-state index in [-0.39, 0.29) is 17.7 Å². The van der Waals surface area contributed by atoms with Crippen LogP contribution in [-0.2, 0) is 20.9 Å². The van der Waals surface area contributed by atoms with Gasteiger partial charge in [0.1, 0.15) is 13.2 Å². The van der Waals surface area contributed by atoms with E-state index in [2.05, 4.69) is 20.7 Å². The largest absolute Gasteiger partial charge is 0.465 e. The Morgan fingerprint density at radius 1 is 1.04 bits per heavy atom. The molecule has 0 fully saturated rings. The number of imide groups is 1. The molecule has 2 aromatic rings. The Labute approximate surface area is 163 Å². The van der Waals surface area contributed by atoms with Crippen LogP contribution in [0.4, 0.5) is 0 Å². The van der Waals surface area contributed by atoms with Crippen molar-refractivity contribution < 1.29 is 28.7 Å². The molecule has 2 aromatic carbocycles. The van der Waals surface area contributed by atoms with Gasteiger partial charge in [-0.3, -0.25) is 19.3 Å². The number of carbonyl (C=O) groups excluding carboxylic acids is 4. The third-order valence-corrected chi connectivity index (χ3v) is 4.77. The Hall–Kier alpha value is -3.00. The van der Waals surface area contributed by atoms with Crippen LogP contribution >= 0.6 is 15.9 Å². The number of methoxy groups -OCH3 is 1. The minimum absolute atomic E-state index is 0.0793. The van der Waals surface area contributed by atoms with Gasteiger partial charge in [0.2, 0.25) is 0 Å². The molecule has 0 radical (unpaired) electrons. The number of halogens is 1. The highest BCUT2D eigenvalue weighted by Crippen LogP contribution is 2.23. The minimum atomic E-state index is -0.714. The maximum Gasteiger partial charge on any atom is 0.337 e. The molecule has 0 saturated carbocycles. The van der Waals surface area contributed by atoms with Crippen molar-refractivity contribution in [2.45, 2.75) is 6.61 Å². The van der Waals surface area contributed by atoms with Crippen molar-refractivity contribution in [2.75, 3.05) is 13.7 Å². The van der Waals surface area contributed by atoms with Crippen molar-refractivity contribution in [3.8, 4) is 0 Å². The second-order valence-electron chi connectivity index (χ2n) is 5.70. The van der Waals surface area contributed by atoms with E-state index >= 15 is 0 Å². The summed E-state index contributed by atoms with van der Waals surface area (Å²) in [5, 5.41) is 0. The molecule has 1 aliphatic rings. The van der Waals surface area contributed by atoms with E-state index in [9.17, 15) is 19.2 Å². The summed E-state index contributed by atoms with van der Waals surface area (Å²) in [5.74, 6) is -2.23. The molecule has 8 heteroatoms. The Kier molecular flexibility index (Phi) is 5.36. The van der Waals surface area contributed by atoms with E-state index in [0.717, 1.165) is 4.90 Å². The van der Waals surface area contributed by atoms with Gasteiger partial charge in [0.15, 0.2) is 0 Å². The van der Waals surface area contributed by atoms with Crippen LogP contribution in [0.2, 0.25) is 0 Å². The lowest BCUT2D eigenvalue weighted by molar-refractivity contribution is -0.145. The predicted octanol–water partition coefficient (Wildman–Crippen LogP) is 2.58. The third-order valence-electron chi connectivity index (χ3n) is 4.03. The molecule has 1 heterocycles. The third kappa shape index (κ3) is 3.75. The van der Waals surface area contributed by atoms with Gasteiger partial charge in [-0.25, -0.2) is 4.79 Å². The average Bonchev–Trinajstić information content (AvgIpc) is 2.91. The number of rotatable bonds is 5. The molecule has 0 aromatic heterocycles. The molecule has 7 nitrogen and oxygen atoms in total. The van der Waals surface area contributed by atoms with Crippen LogP contribution in [0.5, 0.6) is 0 Å². The van der Waals surface area contributed by atoms with Crippen LogP contribution in [-0.4, -0.2) is 42.3 Å². The Balaban J connectivity index is 1.62. The van der Waals surface area contributed by atoms with E-state index in [1.807, 2.05) is 0 Å². The van der Waals surface area contributed by atoms with Gasteiger partial charge in [-0.1, -0.05) is 34.1 Å². The van der Waals surface area contributed by atoms with Crippen molar-refractivity contribution in [3.63, 3.8) is 0 Å². The first-order valence-electron chi connectivity index (χ1n) is 7.90. The van der Waals surface area contributed by atoms with Crippen LogP contribution in [0, 0.1) is 0 Å². The van der Waals surface area contributed by atoms with Gasteiger partial charge in [-0.2, -0.15) is 0 Å². The van der Waals surface area contributed by atoms with Gasteiger partial charge in [0, 0.05) is 10.0 Å². The molecular weight excluding hydrogens is 418 g/mol. The zero-order chi connectivity index (χ0) is 19.6. The number of carbonyl (C=O) groups is 4. The highest BCUT2D eigenvalue weighted by atomic mass is 79.9. The van der Waals surface area contributed by atoms with Crippen LogP contribution < -0.4 is 0 Å². The monoisotopic (exact) mass is 431 g/mol. The number of benzene rings is 2. The number of fused-ring (bicyclic) bond motifs is 1. The summed E-state index contributed by atoms with van der Waals surface area (Å²) < 4.78 is 10.4. The summed E-state index contributed by atoms with van der Waals surface area (Å²) in [6.45, 7) is -0.547. The molecule has 27 heavy (non-hydrogen) atoms. The van der Waals surface area contributed by atoms with Gasteiger partial charge in [-0.05, 0) is 24.3 Å². The van der Waals surface area contributed by atoms with Crippen LogP contribution in [0.3, 0.4) is 0 Å². The van der Waals surface area contributed by atoms with Gasteiger partial charge >= 0.3 is 11.9 Å². The fourth-order valence-corrected chi connectivity index (χ4v) is 3.12. The topological polar surface area (TPSA) is 90.0 Å². The number of hydrogen-bond donors (Lipinski definition) is 0. The first kappa shape index (κ1) is 18.8. The molecule has 3 rings (SSSR count). The number of amides is 2. The number of ether oxygens (including phenoxy) is 2. The Morgan fingerprint density at radius 3 is 2.22 bits per heavy atom. The second kappa shape index (κ2) is 7.71. The van der Waals surface area contributed by atoms with E-state index in [0.29, 0.717) is 15.6 Å². The minimum Gasteiger partial charge on any atom is -0.465 e. The molecule has 0 bridgehead atoms. The Morgan fingerprint density at radius 2 is 1.67 bits per heavy atom. The van der Waals surface area contributed by atoms with Gasteiger partial charge in [-0.15, -0.1) is 0 Å². The summed E-state index contributed by atoms with van der Waals surface area (Å²) in [5.41, 5.74) is 1.52. The van der Waals surface area contributed by atoms with Crippen molar-refractivity contribution in [1.82, 2.24) is 4.90 Å². The molecule has 0 unspecified atom stereocenters. The van der Waals surface area contributed by atoms with Gasteiger partial charge in [0.25, 0.3) is 11.8 Å². The highest BCUT2D eigenvalue weighted by molar-refractivity contribution is 9.10. The van der Waals surface area contributed by atoms with Crippen molar-refractivity contribution in [1.29, 1.82) is 0 Å². The molecule has 1 aliphatic heterocycles. The molecule has 2 amide bonds. The van der Waals surface area contributed by atoms with Crippen LogP contribution in [0.1, 0.15) is 36.6 Å². The summed E-state index contributed by atoms with van der Waals surface area (Å²) in [6, 6.07) is 11.1. The summed E-state index contributed by atoms with van der Waals surface area (Å²) in [7, 11) is 1.28. The lowest BCUT2D eigenvalue weighted by atomic mass is 10.1. The fourth-order valence-electron chi connectivity index (χ4n) is 2.62. The lowest BCUT2D eigenvalue weighted by Gasteiger charge is -2.13. The SMILES string of the molecule is COC(=O)c1ccc(COC(=O)CN2C(=O)c3ccccc3C2=O)c(Br)c1. The first-order chi connectivity index (χ1) is 12.9. The van der Waals surface area contributed by atoms with Crippen molar-refractivity contribution in [3.05, 3.63) is 69.2 Å². The van der Waals surface area contributed by atoms with Gasteiger partial charge in [0.05, 0.1) is 23.8 Å². The fraction of sp³-hybridized carbons (Fsp3) is 0.158. The molecule has 0 N–H and O–H groups in total. The number of nitrogens with zero attached hydrogens (tertiary/aromatic N) is 1. The molecule has 0 spiro atoms. The molecular formula is C19H14BrNO6. The average molecular weight is 432 g/mol. The zero-order valence-corrected chi connectivity index (χ0v) is 15.8. The molecule has 0 aliphatic carbocycles. The van der Waals surface area contributed by atoms with Crippen LogP contribution in [0.25, 0.3) is 0 Å². The first-order valence-corrected chi connectivity index (χ1v) is 8.69. The summed E-state index contributed by atoms with van der Waals surface area (Å²) in [4.78, 5) is 48.9. The maximum atomic E-state index is 12.2. The molecule has 0 saturated heterocycles. The van der Waals surface area contributed by atoms with Crippen molar-refractivity contribution in [2.24, 2.45) is 0 Å².